The van der Waals surface area contributed by atoms with Crippen molar-refractivity contribution in [3.05, 3.63) is 11.6 Å². The number of carbonyl (C=O) groups excluding carboxylic acids is 1. The number of pyridine rings is 1. The number of amides is 2. The lowest BCUT2D eigenvalue weighted by molar-refractivity contribution is 0.254. The van der Waals surface area contributed by atoms with E-state index in [1.165, 1.54) is 13.1 Å². The number of ether oxygens (including phenoxy) is 1. The third kappa shape index (κ3) is 2.98. The molecular formula is C10H13N5O2. The van der Waals surface area contributed by atoms with Crippen LogP contribution < -0.4 is 21.1 Å². The highest BCUT2D eigenvalue weighted by molar-refractivity contribution is 5.88. The van der Waals surface area contributed by atoms with Crippen molar-refractivity contribution >= 4 is 17.5 Å². The van der Waals surface area contributed by atoms with Crippen LogP contribution in [0.4, 0.5) is 16.3 Å². The van der Waals surface area contributed by atoms with E-state index in [1.807, 2.05) is 6.07 Å². The van der Waals surface area contributed by atoms with Crippen LogP contribution in [0, 0.1) is 11.3 Å². The zero-order valence-electron chi connectivity index (χ0n) is 9.57. The molecule has 0 atom stereocenters. The Morgan fingerprint density at radius 1 is 1.71 bits per heavy atom. The molecule has 0 radical (unpaired) electrons. The first-order chi connectivity index (χ1) is 8.12. The number of nitriles is 1. The summed E-state index contributed by atoms with van der Waals surface area (Å²) in [5.74, 6) is 0.339. The number of hydrogen-bond donors (Lipinski definition) is 3. The van der Waals surface area contributed by atoms with Crippen LogP contribution in [0.1, 0.15) is 12.5 Å². The first kappa shape index (κ1) is 12.6. The molecule has 90 valence electrons. The molecule has 0 spiro atoms. The number of carbonyl (C=O) groups is 1. The van der Waals surface area contributed by atoms with Crippen molar-refractivity contribution in [3.63, 3.8) is 0 Å². The summed E-state index contributed by atoms with van der Waals surface area (Å²) in [6, 6.07) is 2.87. The number of rotatable bonds is 3. The Morgan fingerprint density at radius 3 is 2.94 bits per heavy atom. The first-order valence-corrected chi connectivity index (χ1v) is 4.94. The Morgan fingerprint density at radius 2 is 2.41 bits per heavy atom. The molecule has 0 unspecified atom stereocenters. The van der Waals surface area contributed by atoms with Gasteiger partial charge in [0.05, 0.1) is 12.3 Å². The largest absolute Gasteiger partial charge is 0.477 e. The van der Waals surface area contributed by atoms with Crippen LogP contribution in [0.3, 0.4) is 0 Å². The number of anilines is 2. The van der Waals surface area contributed by atoms with Gasteiger partial charge in [0.25, 0.3) is 0 Å². The maximum Gasteiger partial charge on any atom is 0.320 e. The second-order valence-corrected chi connectivity index (χ2v) is 3.03. The average Bonchev–Trinajstić information content (AvgIpc) is 2.29. The summed E-state index contributed by atoms with van der Waals surface area (Å²) in [5.41, 5.74) is 6.03. The van der Waals surface area contributed by atoms with E-state index in [-0.39, 0.29) is 22.9 Å². The minimum Gasteiger partial charge on any atom is -0.477 e. The van der Waals surface area contributed by atoms with Crippen molar-refractivity contribution < 1.29 is 9.53 Å². The van der Waals surface area contributed by atoms with E-state index in [0.29, 0.717) is 6.61 Å². The van der Waals surface area contributed by atoms with E-state index in [9.17, 15) is 4.79 Å². The summed E-state index contributed by atoms with van der Waals surface area (Å²) in [5, 5.41) is 13.7. The molecular weight excluding hydrogens is 222 g/mol. The predicted molar refractivity (Wildman–Crippen MR) is 62.6 cm³/mol. The Labute approximate surface area is 98.6 Å². The van der Waals surface area contributed by atoms with E-state index in [1.54, 1.807) is 6.92 Å². The number of nitrogen functional groups attached to an aromatic ring is 1. The van der Waals surface area contributed by atoms with E-state index >= 15 is 0 Å². The van der Waals surface area contributed by atoms with Gasteiger partial charge in [-0.1, -0.05) is 0 Å². The molecule has 4 N–H and O–H groups in total. The van der Waals surface area contributed by atoms with Crippen molar-refractivity contribution in [3.8, 4) is 11.9 Å². The zero-order valence-corrected chi connectivity index (χ0v) is 9.57. The van der Waals surface area contributed by atoms with E-state index in [2.05, 4.69) is 15.6 Å². The lowest BCUT2D eigenvalue weighted by Gasteiger charge is -2.10. The highest BCUT2D eigenvalue weighted by Crippen LogP contribution is 2.24. The maximum atomic E-state index is 11.1. The second kappa shape index (κ2) is 5.55. The van der Waals surface area contributed by atoms with Gasteiger partial charge in [0.1, 0.15) is 17.5 Å². The van der Waals surface area contributed by atoms with Gasteiger partial charge in [0.2, 0.25) is 5.88 Å². The standard InChI is InChI=1S/C10H13N5O2/c1-3-17-9-6(5-11)7(12)4-8(14-9)15-10(16)13-2/h4H,3H2,1-2H3,(H4,12,13,14,15,16). The van der Waals surface area contributed by atoms with Crippen LogP contribution in [0.2, 0.25) is 0 Å². The summed E-state index contributed by atoms with van der Waals surface area (Å²) in [6.45, 7) is 2.11. The lowest BCUT2D eigenvalue weighted by atomic mass is 10.2. The van der Waals surface area contributed by atoms with Crippen LogP contribution in [0.5, 0.6) is 5.88 Å². The van der Waals surface area contributed by atoms with Crippen molar-refractivity contribution in [2.75, 3.05) is 24.7 Å². The molecule has 2 amide bonds. The molecule has 0 aromatic carbocycles. The molecule has 17 heavy (non-hydrogen) atoms. The Balaban J connectivity index is 3.11. The van der Waals surface area contributed by atoms with Crippen LogP contribution in [0.25, 0.3) is 0 Å². The molecule has 1 rings (SSSR count). The number of aromatic nitrogens is 1. The molecule has 0 fully saturated rings. The third-order valence-corrected chi connectivity index (χ3v) is 1.88. The van der Waals surface area contributed by atoms with E-state index in [0.717, 1.165) is 0 Å². The normalized spacial score (nSPS) is 9.24. The topological polar surface area (TPSA) is 113 Å². The molecule has 0 saturated heterocycles. The predicted octanol–water partition coefficient (Wildman–Crippen LogP) is 0.685. The van der Waals surface area contributed by atoms with Crippen molar-refractivity contribution in [1.29, 1.82) is 5.26 Å². The summed E-state index contributed by atoms with van der Waals surface area (Å²) in [4.78, 5) is 15.1. The third-order valence-electron chi connectivity index (χ3n) is 1.88. The highest BCUT2D eigenvalue weighted by Gasteiger charge is 2.12. The maximum absolute atomic E-state index is 11.1. The molecule has 0 saturated carbocycles. The summed E-state index contributed by atoms with van der Waals surface area (Å²) >= 11 is 0. The van der Waals surface area contributed by atoms with E-state index < -0.39 is 6.03 Å². The van der Waals surface area contributed by atoms with Gasteiger partial charge in [-0.05, 0) is 6.92 Å². The van der Waals surface area contributed by atoms with Crippen LogP contribution >= 0.6 is 0 Å². The first-order valence-electron chi connectivity index (χ1n) is 4.94. The van der Waals surface area contributed by atoms with Crippen LogP contribution in [-0.2, 0) is 0 Å². The summed E-state index contributed by atoms with van der Waals surface area (Å²) in [7, 11) is 1.48. The van der Waals surface area contributed by atoms with Crippen molar-refractivity contribution in [2.45, 2.75) is 6.92 Å². The SMILES string of the molecule is CCOc1nc(NC(=O)NC)cc(N)c1C#N. The van der Waals surface area contributed by atoms with Gasteiger partial charge >= 0.3 is 6.03 Å². The second-order valence-electron chi connectivity index (χ2n) is 3.03. The van der Waals surface area contributed by atoms with Gasteiger partial charge in [-0.3, -0.25) is 5.32 Å². The fourth-order valence-electron chi connectivity index (χ4n) is 1.14. The Kier molecular flexibility index (Phi) is 4.11. The van der Waals surface area contributed by atoms with Crippen molar-refractivity contribution in [2.24, 2.45) is 0 Å². The smallest absolute Gasteiger partial charge is 0.320 e. The van der Waals surface area contributed by atoms with Gasteiger partial charge < -0.3 is 15.8 Å². The van der Waals surface area contributed by atoms with Gasteiger partial charge in [-0.2, -0.15) is 10.2 Å². The minimum absolute atomic E-state index is 0.112. The molecule has 7 heteroatoms. The number of nitrogens with zero attached hydrogens (tertiary/aromatic N) is 2. The highest BCUT2D eigenvalue weighted by atomic mass is 16.5. The van der Waals surface area contributed by atoms with Gasteiger partial charge in [-0.15, -0.1) is 0 Å². The lowest BCUT2D eigenvalue weighted by Crippen LogP contribution is -2.25. The number of urea groups is 1. The fourth-order valence-corrected chi connectivity index (χ4v) is 1.14. The minimum atomic E-state index is -0.427. The summed E-state index contributed by atoms with van der Waals surface area (Å²) in [6.07, 6.45) is 0. The molecule has 0 bridgehead atoms. The van der Waals surface area contributed by atoms with E-state index in [4.69, 9.17) is 15.7 Å². The van der Waals surface area contributed by atoms with Crippen molar-refractivity contribution in [1.82, 2.24) is 10.3 Å². The van der Waals surface area contributed by atoms with Gasteiger partial charge in [0.15, 0.2) is 0 Å². The van der Waals surface area contributed by atoms with Crippen LogP contribution in [0.15, 0.2) is 6.07 Å². The quantitative estimate of drug-likeness (QED) is 0.713. The average molecular weight is 235 g/mol. The van der Waals surface area contributed by atoms with Crippen LogP contribution in [-0.4, -0.2) is 24.7 Å². The molecule has 0 aliphatic carbocycles. The molecule has 1 aromatic heterocycles. The number of nitrogens with two attached hydrogens (primary N) is 1. The fraction of sp³-hybridized carbons (Fsp3) is 0.300. The number of hydrogen-bond acceptors (Lipinski definition) is 5. The van der Waals surface area contributed by atoms with Gasteiger partial charge in [0, 0.05) is 13.1 Å². The molecule has 0 aliphatic heterocycles. The number of nitrogens with one attached hydrogen (secondary N) is 2. The molecule has 1 aromatic rings. The Bertz CT molecular complexity index is 466. The summed E-state index contributed by atoms with van der Waals surface area (Å²) < 4.78 is 5.18. The van der Waals surface area contributed by atoms with Gasteiger partial charge in [-0.25, -0.2) is 4.79 Å². The molecule has 0 aliphatic rings. The molecule has 1 heterocycles. The monoisotopic (exact) mass is 235 g/mol. The Hall–Kier alpha value is -2.49. The molecule has 7 nitrogen and oxygen atoms in total. The zero-order chi connectivity index (χ0) is 12.8.